The molecule has 0 radical (unpaired) electrons. The third kappa shape index (κ3) is 2.70. The van der Waals surface area contributed by atoms with E-state index in [1.165, 1.54) is 37.7 Å². The summed E-state index contributed by atoms with van der Waals surface area (Å²) in [6, 6.07) is 0. The first-order chi connectivity index (χ1) is 10.5. The highest BCUT2D eigenvalue weighted by atomic mass is 32.2. The molecular formula is C15H17NO4S2. The van der Waals surface area contributed by atoms with E-state index in [0.29, 0.717) is 0 Å². The summed E-state index contributed by atoms with van der Waals surface area (Å²) >= 11 is 2.74. The lowest BCUT2D eigenvalue weighted by Gasteiger charge is -2.42. The summed E-state index contributed by atoms with van der Waals surface area (Å²) < 4.78 is 10.7. The molecule has 0 bridgehead atoms. The maximum Gasteiger partial charge on any atom is 0.345 e. The third-order valence-corrected chi connectivity index (χ3v) is 5.65. The number of thioether (sulfide) groups is 2. The molecule has 0 fully saturated rings. The number of likely N-dealkylation sites (N-methyl/N-ethyl adjacent to an activating group) is 1. The first-order valence-electron chi connectivity index (χ1n) is 6.45. The second-order valence-corrected chi connectivity index (χ2v) is 6.75. The molecule has 0 aromatic carbocycles. The molecule has 0 saturated heterocycles. The Morgan fingerprint density at radius 3 is 2.45 bits per heavy atom. The van der Waals surface area contributed by atoms with E-state index in [0.717, 1.165) is 4.24 Å². The number of hydrogen-bond donors (Lipinski definition) is 0. The van der Waals surface area contributed by atoms with Gasteiger partial charge in [-0.2, -0.15) is 0 Å². The number of carbonyl (C=O) groups excluding carboxylic acids is 2. The Morgan fingerprint density at radius 2 is 1.91 bits per heavy atom. The number of methoxy groups -OCH3 is 2. The van der Waals surface area contributed by atoms with Gasteiger partial charge in [0.05, 0.1) is 19.8 Å². The lowest BCUT2D eigenvalue weighted by atomic mass is 9.85. The Balaban J connectivity index is 2.71. The Labute approximate surface area is 138 Å². The van der Waals surface area contributed by atoms with Crippen LogP contribution in [-0.4, -0.2) is 49.9 Å². The lowest BCUT2D eigenvalue weighted by Crippen LogP contribution is -2.47. The van der Waals surface area contributed by atoms with Gasteiger partial charge in [0.15, 0.2) is 0 Å². The van der Waals surface area contributed by atoms with Crippen molar-refractivity contribution < 1.29 is 19.1 Å². The summed E-state index contributed by atoms with van der Waals surface area (Å²) in [5, 5.41) is 0. The number of ether oxygens (including phenoxy) is 2. The molecule has 0 aromatic rings. The molecule has 118 valence electrons. The van der Waals surface area contributed by atoms with Crippen LogP contribution in [0.2, 0.25) is 0 Å². The summed E-state index contributed by atoms with van der Waals surface area (Å²) in [6.45, 7) is 0. The third-order valence-electron chi connectivity index (χ3n) is 3.48. The maximum absolute atomic E-state index is 12.4. The average Bonchev–Trinajstić information content (AvgIpc) is 2.55. The van der Waals surface area contributed by atoms with Crippen LogP contribution in [0, 0.1) is 0 Å². The summed E-state index contributed by atoms with van der Waals surface area (Å²) in [4.78, 5) is 26.7. The fraction of sp³-hybridized carbons (Fsp3) is 0.333. The van der Waals surface area contributed by atoms with E-state index >= 15 is 0 Å². The smallest absolute Gasteiger partial charge is 0.345 e. The minimum atomic E-state index is -0.852. The molecule has 1 spiro atoms. The van der Waals surface area contributed by atoms with Crippen LogP contribution in [0.3, 0.4) is 0 Å². The molecule has 1 unspecified atom stereocenters. The highest BCUT2D eigenvalue weighted by Gasteiger charge is 2.45. The summed E-state index contributed by atoms with van der Waals surface area (Å²) in [5.41, 5.74) is -0.581. The minimum absolute atomic E-state index is 0.257. The van der Waals surface area contributed by atoms with E-state index in [9.17, 15) is 9.59 Å². The van der Waals surface area contributed by atoms with Gasteiger partial charge in [-0.3, -0.25) is 0 Å². The zero-order valence-electron chi connectivity index (χ0n) is 12.8. The summed E-state index contributed by atoms with van der Waals surface area (Å²) in [5.74, 6) is -1.09. The molecule has 2 aliphatic rings. The van der Waals surface area contributed by atoms with Gasteiger partial charge >= 0.3 is 11.9 Å². The number of carbonyl (C=O) groups is 2. The summed E-state index contributed by atoms with van der Waals surface area (Å²) in [7, 11) is 4.45. The van der Waals surface area contributed by atoms with Gasteiger partial charge in [0.25, 0.3) is 0 Å². The van der Waals surface area contributed by atoms with Crippen molar-refractivity contribution in [1.82, 2.24) is 4.90 Å². The Hall–Kier alpha value is -1.60. The van der Waals surface area contributed by atoms with Crippen LogP contribution in [0.5, 0.6) is 0 Å². The van der Waals surface area contributed by atoms with Crippen molar-refractivity contribution in [3.8, 4) is 0 Å². The molecule has 1 atom stereocenters. The topological polar surface area (TPSA) is 55.8 Å². The fourth-order valence-corrected chi connectivity index (χ4v) is 4.18. The van der Waals surface area contributed by atoms with Gasteiger partial charge in [-0.15, -0.1) is 11.8 Å². The highest BCUT2D eigenvalue weighted by molar-refractivity contribution is 8.24. The van der Waals surface area contributed by atoms with Gasteiger partial charge in [-0.1, -0.05) is 23.9 Å². The van der Waals surface area contributed by atoms with Gasteiger partial charge in [-0.25, -0.2) is 9.59 Å². The first kappa shape index (κ1) is 16.8. The van der Waals surface area contributed by atoms with E-state index in [1.807, 2.05) is 48.7 Å². The van der Waals surface area contributed by atoms with Crippen LogP contribution >= 0.6 is 23.5 Å². The van der Waals surface area contributed by atoms with Gasteiger partial charge in [-0.05, 0) is 18.4 Å². The van der Waals surface area contributed by atoms with Crippen molar-refractivity contribution in [3.05, 3.63) is 45.2 Å². The number of hydrogen-bond acceptors (Lipinski definition) is 7. The number of rotatable bonds is 3. The normalized spacial score (nSPS) is 23.6. The van der Waals surface area contributed by atoms with E-state index < -0.39 is 17.5 Å². The number of esters is 2. The minimum Gasteiger partial charge on any atom is -0.466 e. The van der Waals surface area contributed by atoms with Gasteiger partial charge in [0.1, 0.15) is 10.4 Å². The molecule has 0 N–H and O–H groups in total. The molecule has 0 aliphatic carbocycles. The van der Waals surface area contributed by atoms with Crippen LogP contribution in [0.1, 0.15) is 0 Å². The van der Waals surface area contributed by atoms with Crippen LogP contribution in [0.4, 0.5) is 0 Å². The molecule has 0 saturated carbocycles. The second kappa shape index (κ2) is 6.66. The predicted octanol–water partition coefficient (Wildman–Crippen LogP) is 2.29. The quantitative estimate of drug-likeness (QED) is 0.731. The number of nitrogens with zero attached hydrogens (tertiary/aromatic N) is 1. The van der Waals surface area contributed by atoms with E-state index in [4.69, 9.17) is 9.47 Å². The average molecular weight is 339 g/mol. The Kier molecular flexibility index (Phi) is 5.08. The molecule has 0 aromatic heterocycles. The van der Waals surface area contributed by atoms with Gasteiger partial charge in [0.2, 0.25) is 0 Å². The molecule has 2 aliphatic heterocycles. The molecule has 2 heterocycles. The van der Waals surface area contributed by atoms with Crippen molar-refractivity contribution in [2.45, 2.75) is 5.54 Å². The lowest BCUT2D eigenvalue weighted by molar-refractivity contribution is -0.139. The van der Waals surface area contributed by atoms with Crippen LogP contribution in [-0.2, 0) is 19.1 Å². The molecule has 0 amide bonds. The molecule has 22 heavy (non-hydrogen) atoms. The maximum atomic E-state index is 12.4. The highest BCUT2D eigenvalue weighted by Crippen LogP contribution is 2.47. The second-order valence-electron chi connectivity index (χ2n) is 4.59. The molecular weight excluding hydrogens is 322 g/mol. The van der Waals surface area contributed by atoms with Crippen molar-refractivity contribution in [2.24, 2.45) is 0 Å². The van der Waals surface area contributed by atoms with Crippen molar-refractivity contribution in [1.29, 1.82) is 0 Å². The van der Waals surface area contributed by atoms with Crippen LogP contribution in [0.15, 0.2) is 45.2 Å². The number of allylic oxidation sites excluding steroid dienone is 2. The molecule has 7 heteroatoms. The largest absolute Gasteiger partial charge is 0.466 e. The van der Waals surface area contributed by atoms with Crippen molar-refractivity contribution >= 4 is 35.5 Å². The van der Waals surface area contributed by atoms with E-state index in [-0.39, 0.29) is 10.5 Å². The van der Waals surface area contributed by atoms with E-state index in [1.54, 1.807) is 0 Å². The predicted molar refractivity (Wildman–Crippen MR) is 89.0 cm³/mol. The first-order valence-corrected chi connectivity index (χ1v) is 8.49. The zero-order valence-corrected chi connectivity index (χ0v) is 14.4. The standard InChI is InChI=1S/C15H17NO4S2/c1-16-8-6-5-7-15(16)9-10(21-4)22-12(14(18)20-3)11(15)13(17)19-2/h5-9H,1-4H3. The monoisotopic (exact) mass is 339 g/mol. The van der Waals surface area contributed by atoms with Gasteiger partial charge in [0, 0.05) is 17.5 Å². The van der Waals surface area contributed by atoms with Crippen LogP contribution in [0.25, 0.3) is 0 Å². The van der Waals surface area contributed by atoms with E-state index in [2.05, 4.69) is 0 Å². The Bertz CT molecular complexity index is 621. The summed E-state index contributed by atoms with van der Waals surface area (Å²) in [6.07, 6.45) is 11.3. The zero-order chi connectivity index (χ0) is 16.3. The Morgan fingerprint density at radius 1 is 1.23 bits per heavy atom. The SMILES string of the molecule is COC(=O)C1=C(C(=O)OC)C2(C=CC=CN2C)C=C(SC)S1. The van der Waals surface area contributed by atoms with Crippen LogP contribution < -0.4 is 0 Å². The molecule has 2 rings (SSSR count). The fourth-order valence-electron chi connectivity index (χ4n) is 2.34. The van der Waals surface area contributed by atoms with Crippen molar-refractivity contribution in [2.75, 3.05) is 27.5 Å². The van der Waals surface area contributed by atoms with Gasteiger partial charge < -0.3 is 14.4 Å². The molecule has 5 nitrogen and oxygen atoms in total. The van der Waals surface area contributed by atoms with Crippen molar-refractivity contribution in [3.63, 3.8) is 0 Å².